The Hall–Kier alpha value is -0.800. The Labute approximate surface area is 131 Å². The van der Waals surface area contributed by atoms with Gasteiger partial charge in [-0.2, -0.15) is 0 Å². The summed E-state index contributed by atoms with van der Waals surface area (Å²) in [6.07, 6.45) is -0.0157. The van der Waals surface area contributed by atoms with E-state index in [0.29, 0.717) is 25.9 Å². The smallest absolute Gasteiger partial charge is 0.344 e. The first kappa shape index (κ1) is 20.2. The van der Waals surface area contributed by atoms with E-state index in [0.717, 1.165) is 0 Å². The molecule has 0 saturated carbocycles. The van der Waals surface area contributed by atoms with Crippen LogP contribution in [0.25, 0.3) is 0 Å². The van der Waals surface area contributed by atoms with Gasteiger partial charge in [0.2, 0.25) is 0 Å². The van der Waals surface area contributed by atoms with E-state index in [2.05, 4.69) is 0 Å². The number of likely N-dealkylation sites (tertiary alicyclic amines) is 1. The van der Waals surface area contributed by atoms with Crippen molar-refractivity contribution < 1.29 is 48.5 Å². The Morgan fingerprint density at radius 3 is 1.83 bits per heavy atom. The second-order valence-corrected chi connectivity index (χ2v) is 9.26. The van der Waals surface area contributed by atoms with Gasteiger partial charge in [0.1, 0.15) is 0 Å². The summed E-state index contributed by atoms with van der Waals surface area (Å²) in [4.78, 5) is 61.3. The topological polar surface area (TPSA) is 193 Å². The zero-order valence-corrected chi connectivity index (χ0v) is 13.8. The van der Waals surface area contributed by atoms with Gasteiger partial charge in [0.25, 0.3) is 0 Å². The van der Waals surface area contributed by atoms with Gasteiger partial charge in [-0.3, -0.25) is 18.7 Å². The molecule has 0 aromatic carbocycles. The number of carbonyl (C=O) groups is 2. The van der Waals surface area contributed by atoms with E-state index in [1.165, 1.54) is 4.90 Å². The monoisotopic (exact) mass is 375 g/mol. The van der Waals surface area contributed by atoms with E-state index < -0.39 is 50.9 Å². The van der Waals surface area contributed by atoms with Crippen molar-refractivity contribution in [1.29, 1.82) is 0 Å². The fourth-order valence-electron chi connectivity index (χ4n) is 2.54. The summed E-state index contributed by atoms with van der Waals surface area (Å²) in [5.41, 5.74) is -2.52. The Balaban J connectivity index is 3.31. The Kier molecular flexibility index (Phi) is 6.15. The van der Waals surface area contributed by atoms with Crippen LogP contribution in [-0.2, 0) is 18.7 Å². The van der Waals surface area contributed by atoms with Gasteiger partial charge in [0, 0.05) is 13.0 Å². The number of hydrogen-bond acceptors (Lipinski definition) is 5. The van der Waals surface area contributed by atoms with E-state index >= 15 is 0 Å². The van der Waals surface area contributed by atoms with Crippen LogP contribution in [0.2, 0.25) is 0 Å². The van der Waals surface area contributed by atoms with Crippen LogP contribution >= 0.6 is 15.2 Å². The maximum atomic E-state index is 11.8. The van der Waals surface area contributed by atoms with Crippen LogP contribution < -0.4 is 0 Å². The molecule has 0 aromatic heterocycles. The quantitative estimate of drug-likeness (QED) is 0.288. The van der Waals surface area contributed by atoms with Gasteiger partial charge < -0.3 is 34.7 Å². The van der Waals surface area contributed by atoms with Crippen molar-refractivity contribution in [3.8, 4) is 0 Å². The van der Waals surface area contributed by atoms with Gasteiger partial charge in [0.05, 0.1) is 0 Å². The fraction of sp³-hybridized carbons (Fsp3) is 0.800. The zero-order chi connectivity index (χ0) is 18.1. The van der Waals surface area contributed by atoms with E-state index in [4.69, 9.17) is 14.9 Å². The van der Waals surface area contributed by atoms with Crippen LogP contribution in [0.3, 0.4) is 0 Å². The molecule has 1 heterocycles. The molecule has 0 bridgehead atoms. The van der Waals surface area contributed by atoms with E-state index in [-0.39, 0.29) is 0 Å². The Bertz CT molecular complexity index is 562. The van der Waals surface area contributed by atoms with Crippen LogP contribution in [0.5, 0.6) is 0 Å². The number of carboxylic acids is 2. The van der Waals surface area contributed by atoms with Gasteiger partial charge in [0.15, 0.2) is 10.8 Å². The highest BCUT2D eigenvalue weighted by molar-refractivity contribution is 7.55. The van der Waals surface area contributed by atoms with Crippen LogP contribution in [-0.4, -0.2) is 77.1 Å². The lowest BCUT2D eigenvalue weighted by molar-refractivity contribution is -0.142. The van der Waals surface area contributed by atoms with Crippen molar-refractivity contribution in [2.45, 2.75) is 30.1 Å². The third kappa shape index (κ3) is 4.60. The second-order valence-electron chi connectivity index (χ2n) is 5.51. The minimum atomic E-state index is -5.43. The number of carboxylic acid groups (broad SMARTS) is 2. The molecule has 134 valence electrons. The molecule has 0 aromatic rings. The first-order valence-corrected chi connectivity index (χ1v) is 9.90. The summed E-state index contributed by atoms with van der Waals surface area (Å²) in [5.74, 6) is -4.00. The van der Waals surface area contributed by atoms with E-state index in [9.17, 15) is 33.6 Å². The molecular formula is C10H19NO10P2. The van der Waals surface area contributed by atoms with Crippen LogP contribution in [0.15, 0.2) is 0 Å². The number of nitrogens with zero attached hydrogens (tertiary/aromatic N) is 1. The number of rotatable bonds is 8. The molecule has 2 unspecified atom stereocenters. The average Bonchev–Trinajstić information content (AvgIpc) is 2.82. The molecule has 11 nitrogen and oxygen atoms in total. The summed E-state index contributed by atoms with van der Waals surface area (Å²) in [6, 6.07) is 0. The second kappa shape index (κ2) is 6.98. The molecule has 23 heavy (non-hydrogen) atoms. The molecule has 0 radical (unpaired) electrons. The lowest BCUT2D eigenvalue weighted by Gasteiger charge is -2.35. The molecule has 1 fully saturated rings. The lowest BCUT2D eigenvalue weighted by atomic mass is 10.0. The molecule has 1 aliphatic rings. The zero-order valence-electron chi connectivity index (χ0n) is 12.0. The Morgan fingerprint density at radius 1 is 1.04 bits per heavy atom. The predicted octanol–water partition coefficient (Wildman–Crippen LogP) is -0.896. The first-order chi connectivity index (χ1) is 10.3. The van der Waals surface area contributed by atoms with Gasteiger partial charge in [-0.05, 0) is 25.9 Å². The van der Waals surface area contributed by atoms with Gasteiger partial charge in [-0.15, -0.1) is 0 Å². The predicted molar refractivity (Wildman–Crippen MR) is 76.2 cm³/mol. The molecule has 13 heteroatoms. The summed E-state index contributed by atoms with van der Waals surface area (Å²) < 4.78 is 23.1. The number of hydrogen-bond donors (Lipinski definition) is 6. The van der Waals surface area contributed by atoms with Crippen molar-refractivity contribution in [2.24, 2.45) is 0 Å². The maximum absolute atomic E-state index is 11.8. The standard InChI is InChI=1S/C10H19NO10P2/c12-8(13)7(22(16,17)18)5-10(9(14)15,23(19,20)21)6-11-3-1-2-4-11/h7H,1-6H2,(H,12,13)(H,14,15)(H2,16,17,18)(H2,19,20,21). The van der Waals surface area contributed by atoms with Gasteiger partial charge in [-0.1, -0.05) is 0 Å². The summed E-state index contributed by atoms with van der Waals surface area (Å²) in [6.45, 7) is 0.0434. The third-order valence-electron chi connectivity index (χ3n) is 3.86. The minimum absolute atomic E-state index is 0.364. The molecular weight excluding hydrogens is 356 g/mol. The minimum Gasteiger partial charge on any atom is -0.481 e. The third-order valence-corrected chi connectivity index (χ3v) is 6.71. The maximum Gasteiger partial charge on any atom is 0.344 e. The molecule has 0 aliphatic carbocycles. The van der Waals surface area contributed by atoms with Crippen LogP contribution in [0.4, 0.5) is 0 Å². The van der Waals surface area contributed by atoms with Crippen molar-refractivity contribution >= 4 is 27.1 Å². The van der Waals surface area contributed by atoms with Gasteiger partial charge in [-0.25, -0.2) is 0 Å². The largest absolute Gasteiger partial charge is 0.481 e. The lowest BCUT2D eigenvalue weighted by Crippen LogP contribution is -2.51. The molecule has 1 aliphatic heterocycles. The van der Waals surface area contributed by atoms with E-state index in [1.807, 2.05) is 0 Å². The van der Waals surface area contributed by atoms with E-state index in [1.54, 1.807) is 0 Å². The fourth-order valence-corrected chi connectivity index (χ4v) is 4.57. The molecule has 0 spiro atoms. The average molecular weight is 375 g/mol. The summed E-state index contributed by atoms with van der Waals surface area (Å²) in [7, 11) is -10.7. The van der Waals surface area contributed by atoms with Crippen molar-refractivity contribution in [2.75, 3.05) is 19.6 Å². The highest BCUT2D eigenvalue weighted by Gasteiger charge is 2.59. The number of aliphatic carboxylic acids is 2. The van der Waals surface area contributed by atoms with Crippen molar-refractivity contribution in [3.05, 3.63) is 0 Å². The summed E-state index contributed by atoms with van der Waals surface area (Å²) >= 11 is 0. The highest BCUT2D eigenvalue weighted by Crippen LogP contribution is 2.57. The Morgan fingerprint density at radius 2 is 1.52 bits per heavy atom. The van der Waals surface area contributed by atoms with Crippen molar-refractivity contribution in [3.63, 3.8) is 0 Å². The van der Waals surface area contributed by atoms with Crippen LogP contribution in [0, 0.1) is 0 Å². The molecule has 1 saturated heterocycles. The molecule has 1 rings (SSSR count). The SMILES string of the molecule is O=C(O)C(CC(CN1CCCC1)(C(=O)O)P(=O)(O)O)P(=O)(O)O. The van der Waals surface area contributed by atoms with Gasteiger partial charge >= 0.3 is 27.1 Å². The molecule has 6 N–H and O–H groups in total. The first-order valence-electron chi connectivity index (χ1n) is 6.61. The molecule has 0 amide bonds. The highest BCUT2D eigenvalue weighted by atomic mass is 31.2. The van der Waals surface area contributed by atoms with Crippen LogP contribution in [0.1, 0.15) is 19.3 Å². The van der Waals surface area contributed by atoms with Crippen molar-refractivity contribution in [1.82, 2.24) is 4.90 Å². The summed E-state index contributed by atoms with van der Waals surface area (Å²) in [5, 5.41) is 15.4. The normalized spacial score (nSPS) is 20.9. The molecule has 2 atom stereocenters.